The molecule has 1 atom stereocenters. The number of H-pyrrole nitrogens is 1. The Balaban J connectivity index is 2.35. The lowest BCUT2D eigenvalue weighted by molar-refractivity contribution is 0.162. The van der Waals surface area contributed by atoms with Crippen molar-refractivity contribution in [2.24, 2.45) is 0 Å². The maximum absolute atomic E-state index is 9.79. The Hall–Kier alpha value is -1.28. The van der Waals surface area contributed by atoms with Gasteiger partial charge in [-0.3, -0.25) is 0 Å². The van der Waals surface area contributed by atoms with Crippen molar-refractivity contribution in [2.45, 2.75) is 25.9 Å². The first-order valence-electron chi connectivity index (χ1n) is 5.07. The van der Waals surface area contributed by atoms with Crippen molar-refractivity contribution in [2.75, 3.05) is 0 Å². The summed E-state index contributed by atoms with van der Waals surface area (Å²) in [5.74, 6) is 0. The zero-order valence-corrected chi connectivity index (χ0v) is 8.33. The third-order valence-corrected chi connectivity index (χ3v) is 2.47. The Morgan fingerprint density at radius 3 is 2.86 bits per heavy atom. The van der Waals surface area contributed by atoms with Crippen LogP contribution in [0.3, 0.4) is 0 Å². The molecule has 1 heterocycles. The van der Waals surface area contributed by atoms with E-state index in [1.807, 2.05) is 30.3 Å². The third-order valence-electron chi connectivity index (χ3n) is 2.47. The number of aromatic amines is 1. The van der Waals surface area contributed by atoms with E-state index in [0.717, 1.165) is 29.4 Å². The molecular formula is C12H15NO. The highest BCUT2D eigenvalue weighted by Crippen LogP contribution is 2.22. The molecule has 0 spiro atoms. The van der Waals surface area contributed by atoms with Crippen LogP contribution in [0.15, 0.2) is 30.3 Å². The molecule has 0 radical (unpaired) electrons. The normalized spacial score (nSPS) is 13.3. The fraction of sp³-hybridized carbons (Fsp3) is 0.333. The summed E-state index contributed by atoms with van der Waals surface area (Å²) in [6, 6.07) is 10.1. The Morgan fingerprint density at radius 1 is 1.36 bits per heavy atom. The van der Waals surface area contributed by atoms with E-state index in [0.29, 0.717) is 0 Å². The van der Waals surface area contributed by atoms with Crippen molar-refractivity contribution in [1.82, 2.24) is 4.98 Å². The molecule has 1 unspecified atom stereocenters. The van der Waals surface area contributed by atoms with Crippen molar-refractivity contribution >= 4 is 10.9 Å². The quantitative estimate of drug-likeness (QED) is 0.765. The molecule has 0 aliphatic rings. The average molecular weight is 189 g/mol. The molecule has 0 fully saturated rings. The van der Waals surface area contributed by atoms with Crippen LogP contribution in [0.2, 0.25) is 0 Å². The minimum atomic E-state index is -0.354. The highest BCUT2D eigenvalue weighted by atomic mass is 16.3. The first-order chi connectivity index (χ1) is 6.81. The Morgan fingerprint density at radius 2 is 2.14 bits per heavy atom. The van der Waals surface area contributed by atoms with Gasteiger partial charge in [0.05, 0.1) is 6.10 Å². The number of hydrogen-bond donors (Lipinski definition) is 2. The van der Waals surface area contributed by atoms with Crippen molar-refractivity contribution in [3.63, 3.8) is 0 Å². The number of aromatic nitrogens is 1. The Kier molecular flexibility index (Phi) is 2.55. The number of aliphatic hydroxyl groups is 1. The van der Waals surface area contributed by atoms with Gasteiger partial charge in [-0.1, -0.05) is 31.5 Å². The van der Waals surface area contributed by atoms with Gasteiger partial charge in [0.15, 0.2) is 0 Å². The highest BCUT2D eigenvalue weighted by molar-refractivity contribution is 5.80. The van der Waals surface area contributed by atoms with Crippen molar-refractivity contribution in [3.05, 3.63) is 36.0 Å². The minimum absolute atomic E-state index is 0.354. The molecule has 2 N–H and O–H groups in total. The van der Waals surface area contributed by atoms with Gasteiger partial charge in [0, 0.05) is 11.2 Å². The second-order valence-corrected chi connectivity index (χ2v) is 3.62. The Labute approximate surface area is 83.6 Å². The number of para-hydroxylation sites is 1. The smallest absolute Gasteiger partial charge is 0.0937 e. The summed E-state index contributed by atoms with van der Waals surface area (Å²) in [5, 5.41) is 11.0. The van der Waals surface area contributed by atoms with E-state index in [4.69, 9.17) is 0 Å². The number of aliphatic hydroxyl groups excluding tert-OH is 1. The van der Waals surface area contributed by atoms with Gasteiger partial charge >= 0.3 is 0 Å². The molecule has 14 heavy (non-hydrogen) atoms. The fourth-order valence-electron chi connectivity index (χ4n) is 1.70. The molecule has 2 aromatic rings. The molecule has 0 aliphatic carbocycles. The van der Waals surface area contributed by atoms with Gasteiger partial charge in [0.25, 0.3) is 0 Å². The summed E-state index contributed by atoms with van der Waals surface area (Å²) < 4.78 is 0. The lowest BCUT2D eigenvalue weighted by Gasteiger charge is -2.05. The topological polar surface area (TPSA) is 36.0 Å². The van der Waals surface area contributed by atoms with E-state index in [1.165, 1.54) is 0 Å². The molecule has 74 valence electrons. The predicted molar refractivity (Wildman–Crippen MR) is 58.2 cm³/mol. The zero-order chi connectivity index (χ0) is 9.97. The zero-order valence-electron chi connectivity index (χ0n) is 8.33. The van der Waals surface area contributed by atoms with Crippen LogP contribution in [0.1, 0.15) is 31.6 Å². The first-order valence-corrected chi connectivity index (χ1v) is 5.07. The van der Waals surface area contributed by atoms with Crippen molar-refractivity contribution in [3.8, 4) is 0 Å². The van der Waals surface area contributed by atoms with Gasteiger partial charge < -0.3 is 10.1 Å². The number of rotatable bonds is 3. The standard InChI is InChI=1S/C12H15NO/c1-2-5-12(14)11-8-9-6-3-4-7-10(9)13-11/h3-4,6-8,12-14H,2,5H2,1H3. The monoisotopic (exact) mass is 189 g/mol. The van der Waals surface area contributed by atoms with Gasteiger partial charge in [0.1, 0.15) is 0 Å². The highest BCUT2D eigenvalue weighted by Gasteiger charge is 2.08. The van der Waals surface area contributed by atoms with Gasteiger partial charge in [-0.2, -0.15) is 0 Å². The van der Waals surface area contributed by atoms with Crippen LogP contribution in [0.5, 0.6) is 0 Å². The summed E-state index contributed by atoms with van der Waals surface area (Å²) in [7, 11) is 0. The summed E-state index contributed by atoms with van der Waals surface area (Å²) in [6.07, 6.45) is 1.45. The largest absolute Gasteiger partial charge is 0.387 e. The number of benzene rings is 1. The van der Waals surface area contributed by atoms with Crippen LogP contribution in [-0.2, 0) is 0 Å². The van der Waals surface area contributed by atoms with Crippen LogP contribution in [0.25, 0.3) is 10.9 Å². The maximum Gasteiger partial charge on any atom is 0.0937 e. The maximum atomic E-state index is 9.79. The molecule has 1 aromatic carbocycles. The molecule has 2 nitrogen and oxygen atoms in total. The molecular weight excluding hydrogens is 174 g/mol. The number of fused-ring (bicyclic) bond motifs is 1. The van der Waals surface area contributed by atoms with Gasteiger partial charge in [-0.05, 0) is 23.9 Å². The molecule has 0 bridgehead atoms. The van der Waals surface area contributed by atoms with Crippen molar-refractivity contribution < 1.29 is 5.11 Å². The van der Waals surface area contributed by atoms with Crippen LogP contribution in [-0.4, -0.2) is 10.1 Å². The van der Waals surface area contributed by atoms with E-state index in [2.05, 4.69) is 11.9 Å². The van der Waals surface area contributed by atoms with Crippen molar-refractivity contribution in [1.29, 1.82) is 0 Å². The Bertz CT molecular complexity index is 386. The summed E-state index contributed by atoms with van der Waals surface area (Å²) in [5.41, 5.74) is 2.02. The average Bonchev–Trinajstić information content (AvgIpc) is 2.61. The van der Waals surface area contributed by atoms with Crippen LogP contribution in [0.4, 0.5) is 0 Å². The van der Waals surface area contributed by atoms with E-state index in [1.54, 1.807) is 0 Å². The van der Waals surface area contributed by atoms with Crippen LogP contribution in [0, 0.1) is 0 Å². The third kappa shape index (κ3) is 1.66. The van der Waals surface area contributed by atoms with Gasteiger partial charge in [-0.15, -0.1) is 0 Å². The molecule has 1 aromatic heterocycles. The van der Waals surface area contributed by atoms with Crippen LogP contribution >= 0.6 is 0 Å². The molecule has 0 aliphatic heterocycles. The second kappa shape index (κ2) is 3.84. The summed E-state index contributed by atoms with van der Waals surface area (Å²) in [6.45, 7) is 2.08. The molecule has 2 rings (SSSR count). The lowest BCUT2D eigenvalue weighted by Crippen LogP contribution is -1.95. The summed E-state index contributed by atoms with van der Waals surface area (Å²) in [4.78, 5) is 3.23. The van der Waals surface area contributed by atoms with E-state index in [-0.39, 0.29) is 6.10 Å². The first kappa shape index (κ1) is 9.28. The molecule has 0 saturated heterocycles. The fourth-order valence-corrected chi connectivity index (χ4v) is 1.70. The van der Waals surface area contributed by atoms with Gasteiger partial charge in [0.2, 0.25) is 0 Å². The lowest BCUT2D eigenvalue weighted by atomic mass is 10.1. The summed E-state index contributed by atoms with van der Waals surface area (Å²) >= 11 is 0. The molecule has 0 amide bonds. The number of hydrogen-bond acceptors (Lipinski definition) is 1. The van der Waals surface area contributed by atoms with E-state index in [9.17, 15) is 5.11 Å². The SMILES string of the molecule is CCCC(O)c1cc2ccccc2[nH]1. The van der Waals surface area contributed by atoms with Crippen LogP contribution < -0.4 is 0 Å². The minimum Gasteiger partial charge on any atom is -0.387 e. The predicted octanol–water partition coefficient (Wildman–Crippen LogP) is 3.00. The molecule has 2 heteroatoms. The second-order valence-electron chi connectivity index (χ2n) is 3.62. The molecule has 0 saturated carbocycles. The van der Waals surface area contributed by atoms with Gasteiger partial charge in [-0.25, -0.2) is 0 Å². The van der Waals surface area contributed by atoms with E-state index < -0.39 is 0 Å². The van der Waals surface area contributed by atoms with E-state index >= 15 is 0 Å². The number of nitrogens with one attached hydrogen (secondary N) is 1.